The maximum Gasteiger partial charge on any atom is 0.193 e. The molecule has 0 aliphatic carbocycles. The van der Waals surface area contributed by atoms with Crippen LogP contribution in [0.3, 0.4) is 0 Å². The summed E-state index contributed by atoms with van der Waals surface area (Å²) in [5, 5.41) is 50.5. The minimum absolute atomic E-state index is 0.0702. The van der Waals surface area contributed by atoms with E-state index in [1.54, 1.807) is 6.92 Å². The summed E-state index contributed by atoms with van der Waals surface area (Å²) >= 11 is 0. The van der Waals surface area contributed by atoms with E-state index in [1.807, 2.05) is 0 Å². The lowest BCUT2D eigenvalue weighted by Crippen LogP contribution is -2.55. The van der Waals surface area contributed by atoms with Crippen LogP contribution >= 0.6 is 0 Å². The number of hydrogen-bond donors (Lipinski definition) is 5. The van der Waals surface area contributed by atoms with Gasteiger partial charge in [-0.2, -0.15) is 0 Å². The molecule has 1 aromatic carbocycles. The second kappa shape index (κ2) is 7.61. The first kappa shape index (κ1) is 20.4. The van der Waals surface area contributed by atoms with E-state index in [0.717, 1.165) is 0 Å². The van der Waals surface area contributed by atoms with Crippen LogP contribution in [0.15, 0.2) is 21.3 Å². The van der Waals surface area contributed by atoms with Gasteiger partial charge in [0.2, 0.25) is 0 Å². The molecule has 5 atom stereocenters. The zero-order chi connectivity index (χ0) is 20.7. The van der Waals surface area contributed by atoms with Gasteiger partial charge in [0.05, 0.1) is 24.0 Å². The number of aliphatic hydroxyl groups is 4. The monoisotopic (exact) mass is 394 g/mol. The summed E-state index contributed by atoms with van der Waals surface area (Å²) < 4.78 is 11.2. The van der Waals surface area contributed by atoms with Gasteiger partial charge >= 0.3 is 0 Å². The number of benzene rings is 1. The van der Waals surface area contributed by atoms with Crippen molar-refractivity contribution in [3.05, 3.63) is 39.2 Å². The van der Waals surface area contributed by atoms with Crippen molar-refractivity contribution >= 4 is 16.8 Å². The largest absolute Gasteiger partial charge is 0.507 e. The molecule has 2 aromatic rings. The average molecular weight is 394 g/mol. The number of phenols is 1. The van der Waals surface area contributed by atoms with Gasteiger partial charge in [0.15, 0.2) is 5.43 Å². The predicted octanol–water partition coefficient (Wildman–Crippen LogP) is -0.547. The molecule has 3 rings (SSSR count). The molecule has 0 spiro atoms. The quantitative estimate of drug-likeness (QED) is 0.459. The number of carbonyl (C=O) groups excluding carboxylic acids is 1. The number of aryl methyl sites for hydroxylation is 1. The van der Waals surface area contributed by atoms with Crippen molar-refractivity contribution in [2.24, 2.45) is 0 Å². The normalized spacial score (nSPS) is 27.9. The molecule has 5 N–H and O–H groups in total. The zero-order valence-corrected chi connectivity index (χ0v) is 15.3. The fraction of sp³-hybridized carbons (Fsp3) is 0.474. The van der Waals surface area contributed by atoms with E-state index in [1.165, 1.54) is 19.1 Å². The van der Waals surface area contributed by atoms with Gasteiger partial charge < -0.3 is 34.7 Å². The van der Waals surface area contributed by atoms with Crippen LogP contribution < -0.4 is 5.43 Å². The Bertz CT molecular complexity index is 962. The molecule has 1 aliphatic heterocycles. The van der Waals surface area contributed by atoms with Crippen molar-refractivity contribution in [1.82, 2.24) is 0 Å². The summed E-state index contributed by atoms with van der Waals surface area (Å²) in [6, 6.07) is 2.48. The summed E-state index contributed by atoms with van der Waals surface area (Å²) in [4.78, 5) is 24.0. The highest BCUT2D eigenvalue weighted by molar-refractivity contribution is 5.86. The minimum Gasteiger partial charge on any atom is -0.507 e. The van der Waals surface area contributed by atoms with Gasteiger partial charge in [-0.15, -0.1) is 0 Å². The number of ketones is 1. The summed E-state index contributed by atoms with van der Waals surface area (Å²) in [5.74, 6) is -0.535. The Hall–Kier alpha value is -2.30. The number of aromatic hydroxyl groups is 1. The SMILES string of the molecule is CC(=O)Cc1cc(=O)c2c(C)cc(O)c([C@H]3O[C@@H](CO)[C@@H](O)[C@@H](O)[C@@H]3O)c2o1. The minimum atomic E-state index is -1.67. The van der Waals surface area contributed by atoms with Gasteiger partial charge in [0.1, 0.15) is 53.4 Å². The number of phenolic OH excluding ortho intramolecular Hbond substituents is 1. The molecule has 2 heterocycles. The van der Waals surface area contributed by atoms with Crippen molar-refractivity contribution in [2.75, 3.05) is 6.61 Å². The van der Waals surface area contributed by atoms with Crippen molar-refractivity contribution in [2.45, 2.75) is 50.8 Å². The van der Waals surface area contributed by atoms with E-state index in [0.29, 0.717) is 5.56 Å². The zero-order valence-electron chi connectivity index (χ0n) is 15.3. The van der Waals surface area contributed by atoms with E-state index in [9.17, 15) is 35.1 Å². The van der Waals surface area contributed by atoms with Gasteiger partial charge in [0.25, 0.3) is 0 Å². The standard InChI is InChI=1S/C19H22O9/c1-7-3-10(22)14(19-17(26)16(25)15(24)12(6-20)28-19)18-13(7)11(23)5-9(27-18)4-8(2)21/h3,5,12,15-17,19-20,22,24-26H,4,6H2,1-2H3/t12-,15+,16+,17-,19+/m0/s1. The smallest absolute Gasteiger partial charge is 0.193 e. The molecule has 28 heavy (non-hydrogen) atoms. The average Bonchev–Trinajstić information content (AvgIpc) is 2.60. The maximum atomic E-state index is 12.6. The number of aliphatic hydroxyl groups excluding tert-OH is 4. The van der Waals surface area contributed by atoms with Crippen LogP contribution in [-0.2, 0) is 16.0 Å². The molecule has 1 saturated heterocycles. The highest BCUT2D eigenvalue weighted by atomic mass is 16.5. The number of fused-ring (bicyclic) bond motifs is 1. The Kier molecular flexibility index (Phi) is 5.55. The highest BCUT2D eigenvalue weighted by Crippen LogP contribution is 2.41. The fourth-order valence-electron chi connectivity index (χ4n) is 3.52. The molecule has 1 fully saturated rings. The Morgan fingerprint density at radius 1 is 1.14 bits per heavy atom. The summed E-state index contributed by atoms with van der Waals surface area (Å²) in [6.07, 6.45) is -7.65. The molecule has 152 valence electrons. The van der Waals surface area contributed by atoms with Crippen LogP contribution in [0.1, 0.15) is 29.9 Å². The molecule has 0 bridgehead atoms. The summed E-state index contributed by atoms with van der Waals surface area (Å²) in [5.41, 5.74) is -0.240. The Morgan fingerprint density at radius 2 is 1.82 bits per heavy atom. The van der Waals surface area contributed by atoms with Crippen molar-refractivity contribution in [1.29, 1.82) is 0 Å². The van der Waals surface area contributed by atoms with E-state index < -0.39 is 42.6 Å². The predicted molar refractivity (Wildman–Crippen MR) is 96.0 cm³/mol. The lowest BCUT2D eigenvalue weighted by atomic mass is 9.89. The molecule has 0 amide bonds. The third kappa shape index (κ3) is 3.43. The number of hydrogen-bond acceptors (Lipinski definition) is 9. The van der Waals surface area contributed by atoms with Crippen LogP contribution in [0, 0.1) is 6.92 Å². The molecule has 1 aromatic heterocycles. The van der Waals surface area contributed by atoms with Crippen LogP contribution in [0.4, 0.5) is 0 Å². The first-order valence-electron chi connectivity index (χ1n) is 8.74. The van der Waals surface area contributed by atoms with Gasteiger partial charge in [-0.1, -0.05) is 0 Å². The molecule has 0 unspecified atom stereocenters. The first-order chi connectivity index (χ1) is 13.1. The van der Waals surface area contributed by atoms with Gasteiger partial charge in [-0.3, -0.25) is 9.59 Å². The lowest BCUT2D eigenvalue weighted by molar-refractivity contribution is -0.231. The number of ether oxygens (including phenoxy) is 1. The Balaban J connectivity index is 2.26. The first-order valence-corrected chi connectivity index (χ1v) is 8.74. The molecule has 9 nitrogen and oxygen atoms in total. The van der Waals surface area contributed by atoms with Gasteiger partial charge in [0, 0.05) is 6.07 Å². The number of carbonyl (C=O) groups is 1. The maximum absolute atomic E-state index is 12.6. The summed E-state index contributed by atoms with van der Waals surface area (Å²) in [6.45, 7) is 2.27. The van der Waals surface area contributed by atoms with Crippen LogP contribution in [0.2, 0.25) is 0 Å². The number of rotatable bonds is 4. The summed E-state index contributed by atoms with van der Waals surface area (Å²) in [7, 11) is 0. The van der Waals surface area contributed by atoms with Crippen LogP contribution in [-0.4, -0.2) is 62.3 Å². The highest BCUT2D eigenvalue weighted by Gasteiger charge is 2.45. The number of Topliss-reactive ketones (excluding diaryl/α,β-unsaturated/α-hetero) is 1. The molecular weight excluding hydrogens is 372 g/mol. The lowest BCUT2D eigenvalue weighted by Gasteiger charge is -2.40. The van der Waals surface area contributed by atoms with E-state index in [-0.39, 0.29) is 40.2 Å². The Morgan fingerprint density at radius 3 is 2.43 bits per heavy atom. The van der Waals surface area contributed by atoms with Crippen LogP contribution in [0.5, 0.6) is 5.75 Å². The van der Waals surface area contributed by atoms with Gasteiger partial charge in [-0.05, 0) is 25.5 Å². The fourth-order valence-corrected chi connectivity index (χ4v) is 3.52. The van der Waals surface area contributed by atoms with Gasteiger partial charge in [-0.25, -0.2) is 0 Å². The van der Waals surface area contributed by atoms with Crippen LogP contribution in [0.25, 0.3) is 11.0 Å². The third-order valence-corrected chi connectivity index (χ3v) is 4.87. The topological polar surface area (TPSA) is 158 Å². The van der Waals surface area contributed by atoms with E-state index >= 15 is 0 Å². The van der Waals surface area contributed by atoms with Crippen molar-refractivity contribution in [3.63, 3.8) is 0 Å². The molecule has 0 radical (unpaired) electrons. The van der Waals surface area contributed by atoms with Crippen molar-refractivity contribution in [3.8, 4) is 5.75 Å². The molecule has 1 aliphatic rings. The van der Waals surface area contributed by atoms with E-state index in [2.05, 4.69) is 0 Å². The second-order valence-corrected chi connectivity index (χ2v) is 7.04. The third-order valence-electron chi connectivity index (χ3n) is 4.87. The second-order valence-electron chi connectivity index (χ2n) is 7.04. The molecule has 9 heteroatoms. The van der Waals surface area contributed by atoms with Crippen molar-refractivity contribution < 1.29 is 39.5 Å². The molecule has 0 saturated carbocycles. The van der Waals surface area contributed by atoms with E-state index in [4.69, 9.17) is 9.15 Å². The Labute approximate surface area is 159 Å². The molecular formula is C19H22O9.